The van der Waals surface area contributed by atoms with Gasteiger partial charge in [0.05, 0.1) is 0 Å². The summed E-state index contributed by atoms with van der Waals surface area (Å²) in [7, 11) is 0. The Labute approximate surface area is 90.5 Å². The number of benzene rings is 1. The molecule has 0 aliphatic rings. The van der Waals surface area contributed by atoms with Crippen molar-refractivity contribution >= 4 is 6.29 Å². The average molecular weight is 196 g/mol. The molecule has 0 atom stereocenters. The Kier molecular flexibility index (Phi) is 4.78. The van der Waals surface area contributed by atoms with Gasteiger partial charge in [-0.05, 0) is 12.5 Å². The van der Waals surface area contributed by atoms with Crippen molar-refractivity contribution < 1.29 is 4.79 Å². The normalized spacial score (nSPS) is 8.47. The number of rotatable bonds is 3. The van der Waals surface area contributed by atoms with Crippen LogP contribution < -0.4 is 0 Å². The first-order valence-corrected chi connectivity index (χ1v) is 4.85. The van der Waals surface area contributed by atoms with Crippen LogP contribution in [-0.2, 0) is 0 Å². The maximum absolute atomic E-state index is 10.7. The number of hydrogen-bond acceptors (Lipinski definition) is 1. The molecule has 0 spiro atoms. The molecule has 0 saturated heterocycles. The number of terminal acetylenes is 1. The molecule has 0 amide bonds. The summed E-state index contributed by atoms with van der Waals surface area (Å²) < 4.78 is 0. The van der Waals surface area contributed by atoms with Gasteiger partial charge in [0.1, 0.15) is 0 Å². The van der Waals surface area contributed by atoms with Crippen molar-refractivity contribution in [3.8, 4) is 24.2 Å². The zero-order valence-electron chi connectivity index (χ0n) is 8.49. The van der Waals surface area contributed by atoms with Gasteiger partial charge in [0.25, 0.3) is 0 Å². The molecule has 0 fully saturated rings. The van der Waals surface area contributed by atoms with Crippen LogP contribution in [0.5, 0.6) is 0 Å². The van der Waals surface area contributed by atoms with E-state index in [2.05, 4.69) is 17.8 Å². The van der Waals surface area contributed by atoms with E-state index >= 15 is 0 Å². The summed E-state index contributed by atoms with van der Waals surface area (Å²) in [4.78, 5) is 10.7. The van der Waals surface area contributed by atoms with Crippen molar-refractivity contribution in [1.29, 1.82) is 0 Å². The fourth-order valence-electron chi connectivity index (χ4n) is 1.15. The van der Waals surface area contributed by atoms with Crippen molar-refractivity contribution in [2.24, 2.45) is 0 Å². The third-order valence-corrected chi connectivity index (χ3v) is 1.93. The van der Waals surface area contributed by atoms with Gasteiger partial charge in [-0.1, -0.05) is 30.0 Å². The minimum Gasteiger partial charge on any atom is -0.298 e. The number of aldehydes is 1. The predicted molar refractivity (Wildman–Crippen MR) is 61.4 cm³/mol. The fraction of sp³-hybridized carbons (Fsp3) is 0.214. The lowest BCUT2D eigenvalue weighted by atomic mass is 10.1. The first-order chi connectivity index (χ1) is 7.38. The molecule has 0 heterocycles. The van der Waals surface area contributed by atoms with Crippen LogP contribution in [-0.4, -0.2) is 6.29 Å². The van der Waals surface area contributed by atoms with E-state index in [1.807, 2.05) is 18.2 Å². The van der Waals surface area contributed by atoms with Crippen molar-refractivity contribution in [2.45, 2.75) is 19.3 Å². The smallest absolute Gasteiger partial charge is 0.151 e. The van der Waals surface area contributed by atoms with Crippen molar-refractivity contribution in [3.63, 3.8) is 0 Å². The maximum Gasteiger partial charge on any atom is 0.151 e. The van der Waals surface area contributed by atoms with E-state index in [9.17, 15) is 4.79 Å². The summed E-state index contributed by atoms with van der Waals surface area (Å²) in [6.07, 6.45) is 8.39. The molecular weight excluding hydrogens is 184 g/mol. The highest BCUT2D eigenvalue weighted by molar-refractivity contribution is 5.79. The van der Waals surface area contributed by atoms with Gasteiger partial charge in [-0.25, -0.2) is 0 Å². The summed E-state index contributed by atoms with van der Waals surface area (Å²) in [6.45, 7) is 0. The van der Waals surface area contributed by atoms with Gasteiger partial charge >= 0.3 is 0 Å². The first-order valence-electron chi connectivity index (χ1n) is 4.85. The Bertz CT molecular complexity index is 427. The van der Waals surface area contributed by atoms with Gasteiger partial charge in [-0.15, -0.1) is 12.3 Å². The second-order valence-corrected chi connectivity index (χ2v) is 3.06. The van der Waals surface area contributed by atoms with Crippen LogP contribution in [0.3, 0.4) is 0 Å². The Balaban J connectivity index is 2.63. The maximum atomic E-state index is 10.7. The molecule has 1 aromatic carbocycles. The lowest BCUT2D eigenvalue weighted by Gasteiger charge is -1.93. The lowest BCUT2D eigenvalue weighted by molar-refractivity contribution is 0.112. The van der Waals surface area contributed by atoms with E-state index < -0.39 is 0 Å². The van der Waals surface area contributed by atoms with Crippen LogP contribution in [0.2, 0.25) is 0 Å². The van der Waals surface area contributed by atoms with E-state index in [-0.39, 0.29) is 0 Å². The zero-order valence-corrected chi connectivity index (χ0v) is 8.49. The van der Waals surface area contributed by atoms with Crippen molar-refractivity contribution in [1.82, 2.24) is 0 Å². The molecule has 1 nitrogen and oxygen atoms in total. The number of carbonyl (C=O) groups is 1. The van der Waals surface area contributed by atoms with E-state index in [4.69, 9.17) is 6.42 Å². The fourth-order valence-corrected chi connectivity index (χ4v) is 1.15. The quantitative estimate of drug-likeness (QED) is 0.412. The molecule has 0 N–H and O–H groups in total. The molecule has 0 saturated carbocycles. The highest BCUT2D eigenvalue weighted by atomic mass is 16.1. The molecule has 15 heavy (non-hydrogen) atoms. The third kappa shape index (κ3) is 3.71. The predicted octanol–water partition coefficient (Wildman–Crippen LogP) is 2.65. The molecule has 0 radical (unpaired) electrons. The van der Waals surface area contributed by atoms with Gasteiger partial charge in [-0.3, -0.25) is 4.79 Å². The summed E-state index contributed by atoms with van der Waals surface area (Å²) >= 11 is 0. The molecule has 1 heteroatoms. The molecular formula is C14H12O. The second-order valence-electron chi connectivity index (χ2n) is 3.06. The van der Waals surface area contributed by atoms with Crippen LogP contribution in [0.4, 0.5) is 0 Å². The monoisotopic (exact) mass is 196 g/mol. The number of unbranched alkanes of at least 4 members (excludes halogenated alkanes) is 2. The summed E-state index contributed by atoms with van der Waals surface area (Å²) in [5.41, 5.74) is 1.43. The highest BCUT2D eigenvalue weighted by Gasteiger charge is 1.94. The summed E-state index contributed by atoms with van der Waals surface area (Å²) in [6, 6.07) is 7.31. The van der Waals surface area contributed by atoms with Gasteiger partial charge in [-0.2, -0.15) is 0 Å². The first kappa shape index (κ1) is 11.1. The third-order valence-electron chi connectivity index (χ3n) is 1.93. The molecule has 0 aliphatic heterocycles. The Hall–Kier alpha value is -1.99. The van der Waals surface area contributed by atoms with E-state index in [0.717, 1.165) is 31.1 Å². The molecule has 0 aliphatic carbocycles. The number of carbonyl (C=O) groups excluding carboxylic acids is 1. The minimum absolute atomic E-state index is 0.641. The second kappa shape index (κ2) is 6.46. The molecule has 1 rings (SSSR count). The van der Waals surface area contributed by atoms with E-state index in [1.54, 1.807) is 6.07 Å². The molecule has 0 bridgehead atoms. The molecule has 0 aromatic heterocycles. The van der Waals surface area contributed by atoms with Crippen LogP contribution in [0.1, 0.15) is 35.2 Å². The Morgan fingerprint density at radius 1 is 1.27 bits per heavy atom. The number of hydrogen-bond donors (Lipinski definition) is 0. The van der Waals surface area contributed by atoms with E-state index in [1.165, 1.54) is 0 Å². The molecule has 0 unspecified atom stereocenters. The van der Waals surface area contributed by atoms with Gasteiger partial charge in [0.15, 0.2) is 6.29 Å². The van der Waals surface area contributed by atoms with Crippen LogP contribution >= 0.6 is 0 Å². The van der Waals surface area contributed by atoms with Gasteiger partial charge in [0, 0.05) is 24.0 Å². The van der Waals surface area contributed by atoms with Gasteiger partial charge < -0.3 is 0 Å². The molecule has 74 valence electrons. The van der Waals surface area contributed by atoms with Gasteiger partial charge in [0.2, 0.25) is 0 Å². The lowest BCUT2D eigenvalue weighted by Crippen LogP contribution is -1.85. The summed E-state index contributed by atoms with van der Waals surface area (Å²) in [5.74, 6) is 8.54. The minimum atomic E-state index is 0.641. The largest absolute Gasteiger partial charge is 0.298 e. The van der Waals surface area contributed by atoms with Crippen molar-refractivity contribution in [2.75, 3.05) is 0 Å². The highest BCUT2D eigenvalue weighted by Crippen LogP contribution is 2.04. The Morgan fingerprint density at radius 3 is 2.80 bits per heavy atom. The Morgan fingerprint density at radius 2 is 2.07 bits per heavy atom. The SMILES string of the molecule is C#CCCCC#Cc1ccccc1C=O. The van der Waals surface area contributed by atoms with Crippen LogP contribution in [0.15, 0.2) is 24.3 Å². The molecule has 1 aromatic rings. The van der Waals surface area contributed by atoms with Crippen LogP contribution in [0.25, 0.3) is 0 Å². The summed E-state index contributed by atoms with van der Waals surface area (Å²) in [5, 5.41) is 0. The zero-order chi connectivity index (χ0) is 10.9. The van der Waals surface area contributed by atoms with E-state index in [0.29, 0.717) is 5.56 Å². The van der Waals surface area contributed by atoms with Crippen LogP contribution in [0, 0.1) is 24.2 Å². The van der Waals surface area contributed by atoms with Crippen molar-refractivity contribution in [3.05, 3.63) is 35.4 Å². The average Bonchev–Trinajstić information content (AvgIpc) is 2.29. The standard InChI is InChI=1S/C14H12O/c1-2-3-4-5-6-9-13-10-7-8-11-14(13)12-15/h1,7-8,10-12H,3-5H2. The topological polar surface area (TPSA) is 17.1 Å².